The van der Waals surface area contributed by atoms with Gasteiger partial charge in [-0.2, -0.15) is 0 Å². The quantitative estimate of drug-likeness (QED) is 0.759. The maximum Gasteiger partial charge on any atom is 0.410 e. The number of rotatable bonds is 5. The average molecular weight is 217 g/mol. The van der Waals surface area contributed by atoms with E-state index in [1.54, 1.807) is 13.8 Å². The zero-order valence-corrected chi connectivity index (χ0v) is 9.69. The number of carbonyl (C=O) groups excluding carboxylic acids is 1. The first-order valence-corrected chi connectivity index (χ1v) is 4.99. The van der Waals surface area contributed by atoms with E-state index < -0.39 is 12.1 Å². The van der Waals surface area contributed by atoms with Crippen molar-refractivity contribution in [1.82, 2.24) is 4.90 Å². The predicted octanol–water partition coefficient (Wildman–Crippen LogP) is 1.57. The largest absolute Gasteiger partial charge is 0.480 e. The molecule has 0 fully saturated rings. The minimum atomic E-state index is -1.04. The van der Waals surface area contributed by atoms with E-state index in [-0.39, 0.29) is 18.5 Å². The Morgan fingerprint density at radius 3 is 2.13 bits per heavy atom. The van der Waals surface area contributed by atoms with Gasteiger partial charge in [-0.3, -0.25) is 9.69 Å². The molecule has 15 heavy (non-hydrogen) atoms. The first-order valence-electron chi connectivity index (χ1n) is 4.99. The standard InChI is InChI=1S/C10H19NO4/c1-7(2)6-15-10(14)11(8(3)4)5-9(12)13/h7-8H,5-6H2,1-4H3,(H,12,13). The number of carbonyl (C=O) groups is 2. The van der Waals surface area contributed by atoms with Crippen molar-refractivity contribution >= 4 is 12.1 Å². The van der Waals surface area contributed by atoms with Gasteiger partial charge in [0.25, 0.3) is 0 Å². The molecule has 0 aliphatic rings. The van der Waals surface area contributed by atoms with Gasteiger partial charge in [0.05, 0.1) is 6.61 Å². The lowest BCUT2D eigenvalue weighted by Gasteiger charge is -2.24. The molecule has 0 aromatic carbocycles. The SMILES string of the molecule is CC(C)COC(=O)N(CC(=O)O)C(C)C. The molecule has 0 atom stereocenters. The molecule has 5 heteroatoms. The lowest BCUT2D eigenvalue weighted by atomic mass is 10.2. The Kier molecular flexibility index (Phi) is 5.74. The Balaban J connectivity index is 4.23. The van der Waals surface area contributed by atoms with E-state index in [0.29, 0.717) is 6.61 Å². The molecule has 0 aromatic heterocycles. The fraction of sp³-hybridized carbons (Fsp3) is 0.800. The summed E-state index contributed by atoms with van der Waals surface area (Å²) in [6, 6.07) is -0.180. The Morgan fingerprint density at radius 2 is 1.80 bits per heavy atom. The van der Waals surface area contributed by atoms with Crippen LogP contribution in [0.1, 0.15) is 27.7 Å². The number of ether oxygens (including phenoxy) is 1. The van der Waals surface area contributed by atoms with Crippen molar-refractivity contribution in [1.29, 1.82) is 0 Å². The van der Waals surface area contributed by atoms with Crippen LogP contribution in [-0.4, -0.2) is 41.3 Å². The van der Waals surface area contributed by atoms with E-state index in [1.807, 2.05) is 13.8 Å². The minimum absolute atomic E-state index is 0.180. The third kappa shape index (κ3) is 5.93. The number of amides is 1. The normalized spacial score (nSPS) is 10.5. The Labute approximate surface area is 90.0 Å². The second-order valence-electron chi connectivity index (χ2n) is 4.09. The van der Waals surface area contributed by atoms with Gasteiger partial charge < -0.3 is 9.84 Å². The fourth-order valence-corrected chi connectivity index (χ4v) is 0.925. The second kappa shape index (κ2) is 6.27. The van der Waals surface area contributed by atoms with E-state index in [4.69, 9.17) is 9.84 Å². The van der Waals surface area contributed by atoms with Crippen LogP contribution in [0.15, 0.2) is 0 Å². The van der Waals surface area contributed by atoms with E-state index >= 15 is 0 Å². The Bertz CT molecular complexity index is 225. The van der Waals surface area contributed by atoms with Gasteiger partial charge >= 0.3 is 12.1 Å². The van der Waals surface area contributed by atoms with Gasteiger partial charge in [0.2, 0.25) is 0 Å². The van der Waals surface area contributed by atoms with Crippen LogP contribution in [0.25, 0.3) is 0 Å². The molecule has 1 N–H and O–H groups in total. The lowest BCUT2D eigenvalue weighted by Crippen LogP contribution is -2.41. The number of carboxylic acids is 1. The summed E-state index contributed by atoms with van der Waals surface area (Å²) < 4.78 is 4.95. The molecule has 0 aliphatic carbocycles. The number of aliphatic carboxylic acids is 1. The molecule has 1 amide bonds. The first kappa shape index (κ1) is 13.7. The minimum Gasteiger partial charge on any atom is -0.480 e. The Hall–Kier alpha value is -1.26. The number of carboxylic acid groups (broad SMARTS) is 1. The summed E-state index contributed by atoms with van der Waals surface area (Å²) >= 11 is 0. The molecule has 0 saturated heterocycles. The molecule has 0 radical (unpaired) electrons. The molecule has 0 saturated carbocycles. The molecule has 0 rings (SSSR count). The van der Waals surface area contributed by atoms with Gasteiger partial charge in [0.1, 0.15) is 6.54 Å². The molecule has 88 valence electrons. The van der Waals surface area contributed by atoms with Gasteiger partial charge in [-0.15, -0.1) is 0 Å². The smallest absolute Gasteiger partial charge is 0.410 e. The predicted molar refractivity (Wildman–Crippen MR) is 55.7 cm³/mol. The van der Waals surface area contributed by atoms with Crippen molar-refractivity contribution in [3.8, 4) is 0 Å². The van der Waals surface area contributed by atoms with Crippen molar-refractivity contribution in [3.63, 3.8) is 0 Å². The van der Waals surface area contributed by atoms with Crippen LogP contribution in [0.5, 0.6) is 0 Å². The highest BCUT2D eigenvalue weighted by Crippen LogP contribution is 2.03. The molecule has 0 unspecified atom stereocenters. The fourth-order valence-electron chi connectivity index (χ4n) is 0.925. The third-order valence-corrected chi connectivity index (χ3v) is 1.70. The molecule has 5 nitrogen and oxygen atoms in total. The van der Waals surface area contributed by atoms with Crippen molar-refractivity contribution < 1.29 is 19.4 Å². The van der Waals surface area contributed by atoms with Gasteiger partial charge in [0.15, 0.2) is 0 Å². The van der Waals surface area contributed by atoms with E-state index in [2.05, 4.69) is 0 Å². The number of hydrogen-bond acceptors (Lipinski definition) is 3. The highest BCUT2D eigenvalue weighted by Gasteiger charge is 2.21. The van der Waals surface area contributed by atoms with E-state index in [0.717, 1.165) is 0 Å². The van der Waals surface area contributed by atoms with E-state index in [9.17, 15) is 9.59 Å². The van der Waals surface area contributed by atoms with Crippen LogP contribution in [0.2, 0.25) is 0 Å². The van der Waals surface area contributed by atoms with Crippen molar-refractivity contribution in [2.75, 3.05) is 13.2 Å². The van der Waals surface area contributed by atoms with Gasteiger partial charge in [0, 0.05) is 6.04 Å². The number of nitrogens with zero attached hydrogens (tertiary/aromatic N) is 1. The summed E-state index contributed by atoms with van der Waals surface area (Å²) in [6.45, 7) is 7.32. The summed E-state index contributed by atoms with van der Waals surface area (Å²) in [5.74, 6) is -0.794. The van der Waals surface area contributed by atoms with Crippen molar-refractivity contribution in [3.05, 3.63) is 0 Å². The molecule has 0 heterocycles. The molecular formula is C10H19NO4. The summed E-state index contributed by atoms with van der Waals surface area (Å²) in [5.41, 5.74) is 0. The van der Waals surface area contributed by atoms with Crippen molar-refractivity contribution in [2.45, 2.75) is 33.7 Å². The summed E-state index contributed by atoms with van der Waals surface area (Å²) in [4.78, 5) is 23.2. The van der Waals surface area contributed by atoms with Gasteiger partial charge in [-0.25, -0.2) is 4.79 Å². The molecule has 0 bridgehead atoms. The van der Waals surface area contributed by atoms with Crippen LogP contribution in [0.3, 0.4) is 0 Å². The topological polar surface area (TPSA) is 66.8 Å². The highest BCUT2D eigenvalue weighted by molar-refractivity contribution is 5.76. The average Bonchev–Trinajstić information content (AvgIpc) is 2.09. The maximum atomic E-state index is 11.5. The maximum absolute atomic E-state index is 11.5. The number of hydrogen-bond donors (Lipinski definition) is 1. The highest BCUT2D eigenvalue weighted by atomic mass is 16.6. The van der Waals surface area contributed by atoms with Crippen molar-refractivity contribution in [2.24, 2.45) is 5.92 Å². The molecule has 0 aromatic rings. The van der Waals surface area contributed by atoms with Crippen LogP contribution < -0.4 is 0 Å². The second-order valence-corrected chi connectivity index (χ2v) is 4.09. The Morgan fingerprint density at radius 1 is 1.27 bits per heavy atom. The van der Waals surface area contributed by atoms with Crippen LogP contribution in [0.4, 0.5) is 4.79 Å². The monoisotopic (exact) mass is 217 g/mol. The van der Waals surface area contributed by atoms with Gasteiger partial charge in [-0.1, -0.05) is 13.8 Å². The van der Waals surface area contributed by atoms with E-state index in [1.165, 1.54) is 4.90 Å². The molecule has 0 aliphatic heterocycles. The molecular weight excluding hydrogens is 198 g/mol. The van der Waals surface area contributed by atoms with Gasteiger partial charge in [-0.05, 0) is 19.8 Å². The zero-order valence-electron chi connectivity index (χ0n) is 9.69. The third-order valence-electron chi connectivity index (χ3n) is 1.70. The summed E-state index contributed by atoms with van der Waals surface area (Å²) in [6.07, 6.45) is -0.568. The zero-order chi connectivity index (χ0) is 12.0. The lowest BCUT2D eigenvalue weighted by molar-refractivity contribution is -0.138. The summed E-state index contributed by atoms with van der Waals surface area (Å²) in [7, 11) is 0. The van der Waals surface area contributed by atoms with Crippen LogP contribution in [-0.2, 0) is 9.53 Å². The van der Waals surface area contributed by atoms with Crippen LogP contribution in [0, 0.1) is 5.92 Å². The molecule has 0 spiro atoms. The summed E-state index contributed by atoms with van der Waals surface area (Å²) in [5, 5.41) is 8.61. The first-order chi connectivity index (χ1) is 6.84. The van der Waals surface area contributed by atoms with Crippen LogP contribution >= 0.6 is 0 Å².